The molecule has 0 saturated heterocycles. The smallest absolute Gasteiger partial charge is 0.180 e. The number of carbonyl (C=O) groups excluding carboxylic acids is 1. The lowest BCUT2D eigenvalue weighted by Gasteiger charge is -1.99. The van der Waals surface area contributed by atoms with E-state index in [0.717, 1.165) is 10.1 Å². The zero-order valence-corrected chi connectivity index (χ0v) is 9.62. The Morgan fingerprint density at radius 3 is 2.88 bits per heavy atom. The number of hydrogen-bond acceptors (Lipinski definition) is 4. The lowest BCUT2D eigenvalue weighted by atomic mass is 10.2. The van der Waals surface area contributed by atoms with Crippen molar-refractivity contribution in [3.63, 3.8) is 0 Å². The maximum atomic E-state index is 11.4. The molecule has 82 valence electrons. The molecule has 5 heteroatoms. The fraction of sp³-hybridized carbons (Fsp3) is 0.182. The highest BCUT2D eigenvalue weighted by atomic mass is 32.2. The average Bonchev–Trinajstić information content (AvgIpc) is 2.82. The van der Waals surface area contributed by atoms with Gasteiger partial charge in [0.2, 0.25) is 0 Å². The maximum Gasteiger partial charge on any atom is 0.180 e. The van der Waals surface area contributed by atoms with E-state index >= 15 is 0 Å². The zero-order valence-electron chi connectivity index (χ0n) is 8.80. The van der Waals surface area contributed by atoms with E-state index in [1.165, 1.54) is 11.8 Å². The van der Waals surface area contributed by atoms with Crippen molar-refractivity contribution in [2.75, 3.05) is 0 Å². The summed E-state index contributed by atoms with van der Waals surface area (Å²) in [5.41, 5.74) is 0.520. The van der Waals surface area contributed by atoms with Gasteiger partial charge in [0.15, 0.2) is 10.9 Å². The number of hydrogen-bond donors (Lipinski definition) is 1. The molecule has 0 amide bonds. The van der Waals surface area contributed by atoms with E-state index in [9.17, 15) is 4.79 Å². The molecule has 0 radical (unpaired) electrons. The fourth-order valence-electron chi connectivity index (χ4n) is 1.20. The second-order valence-corrected chi connectivity index (χ2v) is 4.21. The predicted octanol–water partition coefficient (Wildman–Crippen LogP) is 2.55. The van der Waals surface area contributed by atoms with Crippen LogP contribution >= 0.6 is 11.8 Å². The zero-order chi connectivity index (χ0) is 11.4. The minimum absolute atomic E-state index is 0.0644. The normalized spacial score (nSPS) is 10.3. The van der Waals surface area contributed by atoms with Crippen LogP contribution in [-0.2, 0) is 0 Å². The first-order chi connectivity index (χ1) is 7.79. The lowest BCUT2D eigenvalue weighted by Crippen LogP contribution is -1.99. The number of carbonyl (C=O) groups is 1. The Labute approximate surface area is 97.5 Å². The van der Waals surface area contributed by atoms with E-state index in [1.54, 1.807) is 24.7 Å². The largest absolute Gasteiger partial charge is 0.339 e. The van der Waals surface area contributed by atoms with Gasteiger partial charge in [-0.1, -0.05) is 18.7 Å². The number of Topliss-reactive ketones (excluding diaryl/α,β-unsaturated/α-hetero) is 1. The molecule has 4 nitrogen and oxygen atoms in total. The third kappa shape index (κ3) is 2.49. The molecule has 0 aromatic carbocycles. The van der Waals surface area contributed by atoms with Crippen LogP contribution in [0.4, 0.5) is 0 Å². The first-order valence-corrected chi connectivity index (χ1v) is 5.77. The van der Waals surface area contributed by atoms with Crippen LogP contribution in [0, 0.1) is 0 Å². The lowest BCUT2D eigenvalue weighted by molar-refractivity contribution is 0.0983. The molecule has 2 aromatic heterocycles. The van der Waals surface area contributed by atoms with Gasteiger partial charge in [0.05, 0.1) is 0 Å². The van der Waals surface area contributed by atoms with Gasteiger partial charge in [0, 0.05) is 29.9 Å². The Hall–Kier alpha value is -1.62. The summed E-state index contributed by atoms with van der Waals surface area (Å²) in [6.45, 7) is 1.83. The van der Waals surface area contributed by atoms with Gasteiger partial charge >= 0.3 is 0 Å². The summed E-state index contributed by atoms with van der Waals surface area (Å²) in [4.78, 5) is 23.5. The number of H-pyrrole nitrogens is 1. The fourth-order valence-corrected chi connectivity index (χ4v) is 1.91. The molecule has 0 unspecified atom stereocenters. The highest BCUT2D eigenvalue weighted by Gasteiger charge is 2.05. The monoisotopic (exact) mass is 233 g/mol. The number of aromatic nitrogens is 3. The van der Waals surface area contributed by atoms with Crippen LogP contribution in [0.15, 0.2) is 40.8 Å². The first-order valence-electron chi connectivity index (χ1n) is 4.96. The van der Waals surface area contributed by atoms with Crippen LogP contribution in [0.1, 0.15) is 23.8 Å². The maximum absolute atomic E-state index is 11.4. The van der Waals surface area contributed by atoms with Crippen molar-refractivity contribution < 1.29 is 4.79 Å². The molecule has 0 aliphatic carbocycles. The topological polar surface area (TPSA) is 58.6 Å². The Morgan fingerprint density at radius 2 is 2.31 bits per heavy atom. The number of rotatable bonds is 4. The van der Waals surface area contributed by atoms with Gasteiger partial charge in [-0.15, -0.1) is 0 Å². The molecule has 1 N–H and O–H groups in total. The Morgan fingerprint density at radius 1 is 1.44 bits per heavy atom. The van der Waals surface area contributed by atoms with Gasteiger partial charge in [0.1, 0.15) is 5.69 Å². The highest BCUT2D eigenvalue weighted by Crippen LogP contribution is 2.23. The van der Waals surface area contributed by atoms with Crippen LogP contribution in [0.2, 0.25) is 0 Å². The van der Waals surface area contributed by atoms with E-state index in [1.807, 2.05) is 13.0 Å². The summed E-state index contributed by atoms with van der Waals surface area (Å²) in [6, 6.07) is 3.63. The van der Waals surface area contributed by atoms with Crippen molar-refractivity contribution in [2.24, 2.45) is 0 Å². The average molecular weight is 233 g/mol. The SMILES string of the molecule is CCC(=O)c1ccc(Sc2ncc[nH]2)cn1. The van der Waals surface area contributed by atoms with Crippen molar-refractivity contribution in [1.82, 2.24) is 15.0 Å². The van der Waals surface area contributed by atoms with Crippen molar-refractivity contribution in [3.8, 4) is 0 Å². The number of ketones is 1. The second-order valence-electron chi connectivity index (χ2n) is 3.15. The van der Waals surface area contributed by atoms with E-state index in [2.05, 4.69) is 15.0 Å². The van der Waals surface area contributed by atoms with Gasteiger partial charge in [-0.3, -0.25) is 9.78 Å². The van der Waals surface area contributed by atoms with Crippen LogP contribution in [0.3, 0.4) is 0 Å². The van der Waals surface area contributed by atoms with Crippen LogP contribution < -0.4 is 0 Å². The van der Waals surface area contributed by atoms with Crippen molar-refractivity contribution >= 4 is 17.5 Å². The van der Waals surface area contributed by atoms with Crippen molar-refractivity contribution in [3.05, 3.63) is 36.4 Å². The van der Waals surface area contributed by atoms with Gasteiger partial charge in [-0.25, -0.2) is 4.98 Å². The number of imidazole rings is 1. The Bertz CT molecular complexity index is 464. The van der Waals surface area contributed by atoms with Crippen LogP contribution in [0.5, 0.6) is 0 Å². The molecule has 0 bridgehead atoms. The minimum Gasteiger partial charge on any atom is -0.339 e. The van der Waals surface area contributed by atoms with E-state index in [4.69, 9.17) is 0 Å². The summed E-state index contributed by atoms with van der Waals surface area (Å²) < 4.78 is 0. The van der Waals surface area contributed by atoms with Gasteiger partial charge < -0.3 is 4.98 Å². The van der Waals surface area contributed by atoms with Crippen LogP contribution in [-0.4, -0.2) is 20.7 Å². The number of pyridine rings is 1. The molecule has 0 aliphatic heterocycles. The molecule has 2 heterocycles. The molecule has 0 saturated carbocycles. The van der Waals surface area contributed by atoms with Crippen molar-refractivity contribution in [2.45, 2.75) is 23.4 Å². The molecule has 0 spiro atoms. The first kappa shape index (κ1) is 10.9. The number of aromatic amines is 1. The molecule has 2 rings (SSSR count). The van der Waals surface area contributed by atoms with E-state index in [0.29, 0.717) is 12.1 Å². The van der Waals surface area contributed by atoms with E-state index in [-0.39, 0.29) is 5.78 Å². The molecule has 0 aliphatic rings. The third-order valence-electron chi connectivity index (χ3n) is 2.03. The molecule has 0 fully saturated rings. The summed E-state index contributed by atoms with van der Waals surface area (Å²) in [5, 5.41) is 0.816. The van der Waals surface area contributed by atoms with Crippen LogP contribution in [0.25, 0.3) is 0 Å². The summed E-state index contributed by atoms with van der Waals surface area (Å²) >= 11 is 1.48. The Balaban J connectivity index is 2.10. The summed E-state index contributed by atoms with van der Waals surface area (Å²) in [5.74, 6) is 0.0644. The minimum atomic E-state index is 0.0644. The van der Waals surface area contributed by atoms with E-state index < -0.39 is 0 Å². The summed E-state index contributed by atoms with van der Waals surface area (Å²) in [7, 11) is 0. The quantitative estimate of drug-likeness (QED) is 0.824. The van der Waals surface area contributed by atoms with Gasteiger partial charge in [0.25, 0.3) is 0 Å². The molecule has 16 heavy (non-hydrogen) atoms. The van der Waals surface area contributed by atoms with Crippen molar-refractivity contribution in [1.29, 1.82) is 0 Å². The highest BCUT2D eigenvalue weighted by molar-refractivity contribution is 7.99. The number of nitrogens with one attached hydrogen (secondary N) is 1. The standard InChI is InChI=1S/C11H11N3OS/c1-2-10(15)9-4-3-8(7-14-9)16-11-12-5-6-13-11/h3-7H,2H2,1H3,(H,12,13). The molecular weight excluding hydrogens is 222 g/mol. The van der Waals surface area contributed by atoms with Gasteiger partial charge in [-0.2, -0.15) is 0 Å². The second kappa shape index (κ2) is 4.94. The third-order valence-corrected chi connectivity index (χ3v) is 2.92. The predicted molar refractivity (Wildman–Crippen MR) is 61.6 cm³/mol. The number of nitrogens with zero attached hydrogens (tertiary/aromatic N) is 2. The summed E-state index contributed by atoms with van der Waals surface area (Å²) in [6.07, 6.45) is 5.64. The molecule has 0 atom stereocenters. The van der Waals surface area contributed by atoms with Gasteiger partial charge in [-0.05, 0) is 12.1 Å². The molecular formula is C11H11N3OS. The molecule has 2 aromatic rings. The Kier molecular flexibility index (Phi) is 3.36.